The Kier molecular flexibility index (Phi) is 67.7. The fourth-order valence-corrected chi connectivity index (χ4v) is 10.2. The number of rotatable bonds is 65. The molecular weight excluding hydrogens is 1020 g/mol. The predicted octanol–water partition coefficient (Wildman–Crippen LogP) is 24.8. The van der Waals surface area contributed by atoms with Crippen LogP contribution in [-0.4, -0.2) is 37.2 Å². The fraction of sp³-hybridized carbons (Fsp3) is 0.753. The summed E-state index contributed by atoms with van der Waals surface area (Å²) in [5.41, 5.74) is 0. The van der Waals surface area contributed by atoms with Crippen molar-refractivity contribution in [1.29, 1.82) is 0 Å². The van der Waals surface area contributed by atoms with Crippen molar-refractivity contribution in [3.63, 3.8) is 0 Å². The van der Waals surface area contributed by atoms with E-state index < -0.39 is 6.10 Å². The van der Waals surface area contributed by atoms with Crippen LogP contribution in [0.5, 0.6) is 0 Å². The lowest BCUT2D eigenvalue weighted by Gasteiger charge is -2.18. The zero-order valence-corrected chi connectivity index (χ0v) is 54.9. The van der Waals surface area contributed by atoms with E-state index in [-0.39, 0.29) is 31.1 Å². The molecule has 0 aliphatic heterocycles. The van der Waals surface area contributed by atoms with Crippen LogP contribution in [0.2, 0.25) is 0 Å². The molecule has 1 unspecified atom stereocenters. The van der Waals surface area contributed by atoms with Crippen molar-refractivity contribution >= 4 is 17.9 Å². The average molecular weight is 1160 g/mol. The van der Waals surface area contributed by atoms with E-state index in [2.05, 4.69) is 118 Å². The third kappa shape index (κ3) is 69.0. The summed E-state index contributed by atoms with van der Waals surface area (Å²) in [6.45, 7) is 6.54. The Balaban J connectivity index is 4.34. The van der Waals surface area contributed by atoms with Crippen molar-refractivity contribution in [3.05, 3.63) is 97.2 Å². The van der Waals surface area contributed by atoms with Gasteiger partial charge in [-0.25, -0.2) is 0 Å². The Morgan fingerprint density at radius 3 is 0.747 bits per heavy atom. The minimum absolute atomic E-state index is 0.0818. The Labute approximate surface area is 515 Å². The van der Waals surface area contributed by atoms with Gasteiger partial charge in [0.25, 0.3) is 0 Å². The molecule has 6 heteroatoms. The largest absolute Gasteiger partial charge is 0.462 e. The van der Waals surface area contributed by atoms with E-state index in [1.54, 1.807) is 0 Å². The molecule has 0 saturated carbocycles. The van der Waals surface area contributed by atoms with E-state index in [4.69, 9.17) is 14.2 Å². The second-order valence-electron chi connectivity index (χ2n) is 23.8. The minimum atomic E-state index is -0.786. The molecule has 0 radical (unpaired) electrons. The molecule has 0 aromatic rings. The molecule has 0 aromatic carbocycles. The van der Waals surface area contributed by atoms with Gasteiger partial charge in [-0.2, -0.15) is 0 Å². The summed E-state index contributed by atoms with van der Waals surface area (Å²) < 4.78 is 17.0. The van der Waals surface area contributed by atoms with E-state index in [1.165, 1.54) is 205 Å². The summed E-state index contributed by atoms with van der Waals surface area (Å²) in [7, 11) is 0. The Bertz CT molecular complexity index is 1610. The Morgan fingerprint density at radius 2 is 0.470 bits per heavy atom. The number of allylic oxidation sites excluding steroid dienone is 16. The molecule has 0 bridgehead atoms. The third-order valence-corrected chi connectivity index (χ3v) is 15.5. The molecule has 0 aliphatic carbocycles. The summed E-state index contributed by atoms with van der Waals surface area (Å²) in [6, 6.07) is 0. The van der Waals surface area contributed by atoms with Crippen molar-refractivity contribution in [1.82, 2.24) is 0 Å². The summed E-state index contributed by atoms with van der Waals surface area (Å²) in [6.07, 6.45) is 95.7. The molecule has 0 fully saturated rings. The number of carbonyl (C=O) groups is 3. The molecule has 83 heavy (non-hydrogen) atoms. The first kappa shape index (κ1) is 79.3. The van der Waals surface area contributed by atoms with Gasteiger partial charge >= 0.3 is 17.9 Å². The van der Waals surface area contributed by atoms with Gasteiger partial charge < -0.3 is 14.2 Å². The summed E-state index contributed by atoms with van der Waals surface area (Å²) in [4.78, 5) is 38.5. The zero-order valence-electron chi connectivity index (χ0n) is 54.9. The molecule has 0 aliphatic rings. The lowest BCUT2D eigenvalue weighted by molar-refractivity contribution is -0.167. The second kappa shape index (κ2) is 70.8. The van der Waals surface area contributed by atoms with Gasteiger partial charge in [-0.15, -0.1) is 0 Å². The van der Waals surface area contributed by atoms with Crippen molar-refractivity contribution < 1.29 is 28.6 Å². The Morgan fingerprint density at radius 1 is 0.253 bits per heavy atom. The number of carbonyl (C=O) groups excluding carboxylic acids is 3. The van der Waals surface area contributed by atoms with E-state index in [9.17, 15) is 14.4 Å². The minimum Gasteiger partial charge on any atom is -0.462 e. The van der Waals surface area contributed by atoms with Crippen molar-refractivity contribution in [2.75, 3.05) is 13.2 Å². The molecule has 478 valence electrons. The molecule has 1 atom stereocenters. The zero-order chi connectivity index (χ0) is 59.9. The first-order chi connectivity index (χ1) is 41.0. The van der Waals surface area contributed by atoms with Crippen LogP contribution in [0.1, 0.15) is 355 Å². The van der Waals surface area contributed by atoms with E-state index in [0.29, 0.717) is 19.3 Å². The fourth-order valence-electron chi connectivity index (χ4n) is 10.2. The number of hydrogen-bond acceptors (Lipinski definition) is 6. The van der Waals surface area contributed by atoms with Crippen LogP contribution < -0.4 is 0 Å². The maximum absolute atomic E-state index is 13.0. The van der Waals surface area contributed by atoms with Crippen LogP contribution in [0.15, 0.2) is 97.2 Å². The van der Waals surface area contributed by atoms with Gasteiger partial charge in [0.15, 0.2) is 6.10 Å². The van der Waals surface area contributed by atoms with Gasteiger partial charge in [-0.05, 0) is 122 Å². The van der Waals surface area contributed by atoms with Gasteiger partial charge in [-0.1, -0.05) is 311 Å². The van der Waals surface area contributed by atoms with Gasteiger partial charge in [0.05, 0.1) is 0 Å². The van der Waals surface area contributed by atoms with E-state index in [1.807, 2.05) is 0 Å². The number of ether oxygens (including phenoxy) is 3. The maximum Gasteiger partial charge on any atom is 0.306 e. The molecule has 0 aromatic heterocycles. The maximum atomic E-state index is 13.0. The van der Waals surface area contributed by atoms with Crippen LogP contribution in [0.3, 0.4) is 0 Å². The third-order valence-electron chi connectivity index (χ3n) is 15.5. The van der Waals surface area contributed by atoms with Crippen LogP contribution in [0.4, 0.5) is 0 Å². The first-order valence-corrected chi connectivity index (χ1v) is 35.7. The van der Waals surface area contributed by atoms with Gasteiger partial charge in [0.2, 0.25) is 0 Å². The highest BCUT2D eigenvalue weighted by Crippen LogP contribution is 2.17. The number of esters is 3. The van der Waals surface area contributed by atoms with E-state index >= 15 is 0 Å². The highest BCUT2D eigenvalue weighted by molar-refractivity contribution is 5.71. The molecule has 0 spiro atoms. The first-order valence-electron chi connectivity index (χ1n) is 35.7. The van der Waals surface area contributed by atoms with Crippen LogP contribution in [0.25, 0.3) is 0 Å². The van der Waals surface area contributed by atoms with Crippen molar-refractivity contribution in [3.8, 4) is 0 Å². The molecule has 0 rings (SSSR count). The smallest absolute Gasteiger partial charge is 0.306 e. The quantitative estimate of drug-likeness (QED) is 0.0261. The lowest BCUT2D eigenvalue weighted by Crippen LogP contribution is -2.30. The van der Waals surface area contributed by atoms with Crippen molar-refractivity contribution in [2.45, 2.75) is 361 Å². The topological polar surface area (TPSA) is 78.9 Å². The molecule has 0 saturated heterocycles. The number of unbranched alkanes of at least 4 members (excludes halogenated alkanes) is 38. The van der Waals surface area contributed by atoms with Crippen molar-refractivity contribution in [2.24, 2.45) is 0 Å². The summed E-state index contributed by atoms with van der Waals surface area (Å²) in [5.74, 6) is -0.880. The number of hydrogen-bond donors (Lipinski definition) is 0. The summed E-state index contributed by atoms with van der Waals surface area (Å²) in [5, 5.41) is 0. The van der Waals surface area contributed by atoms with Crippen LogP contribution >= 0.6 is 0 Å². The normalized spacial score (nSPS) is 12.7. The van der Waals surface area contributed by atoms with Gasteiger partial charge in [-0.3, -0.25) is 14.4 Å². The molecule has 6 nitrogen and oxygen atoms in total. The average Bonchev–Trinajstić information content (AvgIpc) is 3.49. The lowest BCUT2D eigenvalue weighted by atomic mass is 10.0. The highest BCUT2D eigenvalue weighted by atomic mass is 16.6. The van der Waals surface area contributed by atoms with Gasteiger partial charge in [0, 0.05) is 19.3 Å². The highest BCUT2D eigenvalue weighted by Gasteiger charge is 2.19. The van der Waals surface area contributed by atoms with E-state index in [0.717, 1.165) is 109 Å². The molecule has 0 heterocycles. The SMILES string of the molecule is CC/C=C\C/C=C\C/C=C\C/C=C\C/C=C\CCCCCCCCCCCC(=O)OCC(COC(=O)CCCCCCC/C=C\CCCCCCCC)OC(=O)CCCCCCCCCCCCCCC/C=C\C/C=C\CCCCCCC. The molecule has 0 N–H and O–H groups in total. The standard InChI is InChI=1S/C77H134O6/c1-4-7-10-13-16-19-22-25-28-30-32-34-36-38-40-42-44-46-49-52-55-58-61-64-67-70-76(79)82-73-74(72-81-75(78)69-66-63-60-57-54-51-48-27-24-21-18-15-12-9-6-3)83-77(80)71-68-65-62-59-56-53-50-47-45-43-41-39-37-35-33-31-29-26-23-20-17-14-11-8-5-2/h7,10,16,19,23,25-28,31-34,38,40,48,74H,4-6,8-9,11-15,17-18,20-22,24,29-30,35-37,39,41-47,49-73H2,1-3H3/b10-7-,19-16-,26-23-,28-25-,33-31-,34-32-,40-38-,48-27-. The monoisotopic (exact) mass is 1160 g/mol. The summed E-state index contributed by atoms with van der Waals surface area (Å²) >= 11 is 0. The molecular formula is C77H134O6. The second-order valence-corrected chi connectivity index (χ2v) is 23.8. The van der Waals surface area contributed by atoms with Crippen LogP contribution in [0, 0.1) is 0 Å². The predicted molar refractivity (Wildman–Crippen MR) is 362 cm³/mol. The van der Waals surface area contributed by atoms with Crippen LogP contribution in [-0.2, 0) is 28.6 Å². The Hall–Kier alpha value is -3.67. The van der Waals surface area contributed by atoms with Gasteiger partial charge in [0.1, 0.15) is 13.2 Å². The molecule has 0 amide bonds.